The van der Waals surface area contributed by atoms with Crippen molar-refractivity contribution in [3.8, 4) is 0 Å². The van der Waals surface area contributed by atoms with Gasteiger partial charge in [-0.3, -0.25) is 5.01 Å². The lowest BCUT2D eigenvalue weighted by molar-refractivity contribution is -0.137. The maximum absolute atomic E-state index is 12.5. The number of benzene rings is 1. The molecule has 0 fully saturated rings. The van der Waals surface area contributed by atoms with Gasteiger partial charge in [0.25, 0.3) is 0 Å². The molecule has 1 aromatic rings. The fraction of sp³-hybridized carbons (Fsp3) is 0.533. The summed E-state index contributed by atoms with van der Waals surface area (Å²) in [6, 6.07) is 5.08. The van der Waals surface area contributed by atoms with Crippen molar-refractivity contribution in [1.82, 2.24) is 5.01 Å². The van der Waals surface area contributed by atoms with Crippen LogP contribution in [0.4, 0.5) is 13.2 Å². The highest BCUT2D eigenvalue weighted by Gasteiger charge is 2.30. The number of alkyl halides is 3. The molecule has 3 nitrogen and oxygen atoms in total. The monoisotopic (exact) mass is 300 g/mol. The van der Waals surface area contributed by atoms with Crippen LogP contribution in [0.25, 0.3) is 0 Å². The summed E-state index contributed by atoms with van der Waals surface area (Å²) < 4.78 is 37.6. The number of hydrogen-bond donors (Lipinski definition) is 1. The molecule has 0 bridgehead atoms. The Kier molecular flexibility index (Phi) is 4.88. The quantitative estimate of drug-likeness (QED) is 0.926. The standard InChI is InChI=1S/C15H19F3N2O/c1-2-13(21)10-20-9-3-4-14(19-20)11-5-7-12(8-6-11)15(16,17)18/h5-8,13,21H,2-4,9-10H2,1H3. The second-order valence-electron chi connectivity index (χ2n) is 5.20. The van der Waals surface area contributed by atoms with Crippen LogP contribution < -0.4 is 0 Å². The lowest BCUT2D eigenvalue weighted by Crippen LogP contribution is -2.33. The Hall–Kier alpha value is -1.56. The van der Waals surface area contributed by atoms with E-state index in [0.29, 0.717) is 18.5 Å². The molecular weight excluding hydrogens is 281 g/mol. The number of hydrogen-bond acceptors (Lipinski definition) is 3. The molecule has 116 valence electrons. The van der Waals surface area contributed by atoms with Crippen LogP contribution in [-0.4, -0.2) is 35.0 Å². The summed E-state index contributed by atoms with van der Waals surface area (Å²) in [6.07, 6.45) is -2.47. The molecule has 1 aliphatic heterocycles. The van der Waals surface area contributed by atoms with Crippen LogP contribution in [0.15, 0.2) is 29.4 Å². The van der Waals surface area contributed by atoms with Gasteiger partial charge in [0, 0.05) is 6.54 Å². The van der Waals surface area contributed by atoms with E-state index in [1.807, 2.05) is 6.92 Å². The van der Waals surface area contributed by atoms with Gasteiger partial charge < -0.3 is 5.11 Å². The molecule has 21 heavy (non-hydrogen) atoms. The molecule has 0 aromatic heterocycles. The predicted octanol–water partition coefficient (Wildman–Crippen LogP) is 3.28. The predicted molar refractivity (Wildman–Crippen MR) is 75.1 cm³/mol. The first-order chi connectivity index (χ1) is 9.90. The Morgan fingerprint density at radius 3 is 2.52 bits per heavy atom. The molecule has 0 radical (unpaired) electrons. The molecule has 6 heteroatoms. The van der Waals surface area contributed by atoms with E-state index in [1.54, 1.807) is 5.01 Å². The second-order valence-corrected chi connectivity index (χ2v) is 5.20. The van der Waals surface area contributed by atoms with Crippen molar-refractivity contribution < 1.29 is 18.3 Å². The van der Waals surface area contributed by atoms with Crippen molar-refractivity contribution in [3.63, 3.8) is 0 Å². The minimum Gasteiger partial charge on any atom is -0.391 e. The largest absolute Gasteiger partial charge is 0.416 e. The SMILES string of the molecule is CCC(O)CN1CCCC(c2ccc(C(F)(F)F)cc2)=N1. The summed E-state index contributed by atoms with van der Waals surface area (Å²) >= 11 is 0. The zero-order chi connectivity index (χ0) is 15.5. The van der Waals surface area contributed by atoms with Crippen LogP contribution in [0.5, 0.6) is 0 Å². The average Bonchev–Trinajstić information content (AvgIpc) is 2.46. The lowest BCUT2D eigenvalue weighted by Gasteiger charge is -2.27. The Morgan fingerprint density at radius 2 is 1.95 bits per heavy atom. The van der Waals surface area contributed by atoms with Crippen LogP contribution in [0, 0.1) is 0 Å². The highest BCUT2D eigenvalue weighted by atomic mass is 19.4. The molecular formula is C15H19F3N2O. The van der Waals surface area contributed by atoms with Gasteiger partial charge >= 0.3 is 6.18 Å². The van der Waals surface area contributed by atoms with Crippen molar-refractivity contribution >= 4 is 5.71 Å². The van der Waals surface area contributed by atoms with Gasteiger partial charge in [0.15, 0.2) is 0 Å². The molecule has 1 atom stereocenters. The fourth-order valence-electron chi connectivity index (χ4n) is 2.26. The Morgan fingerprint density at radius 1 is 1.29 bits per heavy atom. The van der Waals surface area contributed by atoms with Crippen LogP contribution >= 0.6 is 0 Å². The van der Waals surface area contributed by atoms with E-state index in [-0.39, 0.29) is 0 Å². The summed E-state index contributed by atoms with van der Waals surface area (Å²) in [4.78, 5) is 0. The minimum absolute atomic E-state index is 0.430. The number of hydrazone groups is 1. The van der Waals surface area contributed by atoms with Crippen molar-refractivity contribution in [3.05, 3.63) is 35.4 Å². The Balaban J connectivity index is 2.13. The van der Waals surface area contributed by atoms with Crippen LogP contribution in [-0.2, 0) is 6.18 Å². The molecule has 0 saturated heterocycles. The Bertz CT molecular complexity index is 497. The maximum atomic E-state index is 12.5. The number of halogens is 3. The van der Waals surface area contributed by atoms with Crippen molar-refractivity contribution in [1.29, 1.82) is 0 Å². The normalized spacial score (nSPS) is 17.6. The third-order valence-electron chi connectivity index (χ3n) is 3.53. The van der Waals surface area contributed by atoms with E-state index in [4.69, 9.17) is 0 Å². The smallest absolute Gasteiger partial charge is 0.391 e. The number of nitrogens with zero attached hydrogens (tertiary/aromatic N) is 2. The third-order valence-corrected chi connectivity index (χ3v) is 3.53. The van der Waals surface area contributed by atoms with Gasteiger partial charge in [-0.2, -0.15) is 18.3 Å². The molecule has 0 aliphatic carbocycles. The van der Waals surface area contributed by atoms with Gasteiger partial charge in [-0.15, -0.1) is 0 Å². The summed E-state index contributed by atoms with van der Waals surface area (Å²) in [5.74, 6) is 0. The maximum Gasteiger partial charge on any atom is 0.416 e. The van der Waals surface area contributed by atoms with Gasteiger partial charge in [0.2, 0.25) is 0 Å². The van der Waals surface area contributed by atoms with Gasteiger partial charge in [0.05, 0.1) is 23.9 Å². The van der Waals surface area contributed by atoms with Crippen molar-refractivity contribution in [2.24, 2.45) is 5.10 Å². The highest BCUT2D eigenvalue weighted by Crippen LogP contribution is 2.29. The zero-order valence-corrected chi connectivity index (χ0v) is 11.9. The molecule has 0 saturated carbocycles. The molecule has 1 unspecified atom stereocenters. The fourth-order valence-corrected chi connectivity index (χ4v) is 2.26. The highest BCUT2D eigenvalue weighted by molar-refractivity contribution is 6.00. The average molecular weight is 300 g/mol. The number of β-amino-alcohol motifs (C(OH)–C–C–N with tert-alkyl or cyclic N) is 1. The second kappa shape index (κ2) is 6.47. The molecule has 0 spiro atoms. The number of aliphatic hydroxyl groups is 1. The topological polar surface area (TPSA) is 35.8 Å². The van der Waals surface area contributed by atoms with Gasteiger partial charge in [0.1, 0.15) is 0 Å². The summed E-state index contributed by atoms with van der Waals surface area (Å²) in [6.45, 7) is 3.12. The first kappa shape index (κ1) is 15.8. The Labute approximate surface area is 122 Å². The van der Waals surface area contributed by atoms with E-state index >= 15 is 0 Å². The zero-order valence-electron chi connectivity index (χ0n) is 11.9. The molecule has 1 aromatic carbocycles. The lowest BCUT2D eigenvalue weighted by atomic mass is 10.0. The summed E-state index contributed by atoms with van der Waals surface area (Å²) in [5.41, 5.74) is 0.831. The van der Waals surface area contributed by atoms with Crippen LogP contribution in [0.2, 0.25) is 0 Å². The minimum atomic E-state index is -4.32. The molecule has 0 amide bonds. The van der Waals surface area contributed by atoms with E-state index in [0.717, 1.165) is 37.2 Å². The van der Waals surface area contributed by atoms with Crippen LogP contribution in [0.3, 0.4) is 0 Å². The number of rotatable bonds is 4. The van der Waals surface area contributed by atoms with Gasteiger partial charge in [-0.05, 0) is 37.0 Å². The van der Waals surface area contributed by atoms with Crippen molar-refractivity contribution in [2.75, 3.05) is 13.1 Å². The molecule has 1 N–H and O–H groups in total. The first-order valence-electron chi connectivity index (χ1n) is 7.08. The summed E-state index contributed by atoms with van der Waals surface area (Å²) in [7, 11) is 0. The van der Waals surface area contributed by atoms with Gasteiger partial charge in [-0.1, -0.05) is 19.1 Å². The van der Waals surface area contributed by atoms with E-state index in [2.05, 4.69) is 5.10 Å². The molecule has 1 aliphatic rings. The third kappa shape index (κ3) is 4.20. The van der Waals surface area contributed by atoms with E-state index in [1.165, 1.54) is 12.1 Å². The van der Waals surface area contributed by atoms with E-state index < -0.39 is 17.8 Å². The number of aliphatic hydroxyl groups excluding tert-OH is 1. The van der Waals surface area contributed by atoms with Crippen LogP contribution in [0.1, 0.15) is 37.3 Å². The van der Waals surface area contributed by atoms with E-state index in [9.17, 15) is 18.3 Å². The first-order valence-corrected chi connectivity index (χ1v) is 7.08. The van der Waals surface area contributed by atoms with Crippen molar-refractivity contribution in [2.45, 2.75) is 38.5 Å². The molecule has 1 heterocycles. The molecule has 2 rings (SSSR count). The summed E-state index contributed by atoms with van der Waals surface area (Å²) in [5, 5.41) is 15.9. The van der Waals surface area contributed by atoms with Gasteiger partial charge in [-0.25, -0.2) is 0 Å².